The number of nitrogens with zero attached hydrogens (tertiary/aromatic N) is 3. The Morgan fingerprint density at radius 1 is 1.48 bits per heavy atom. The van der Waals surface area contributed by atoms with E-state index in [0.29, 0.717) is 29.6 Å². The average molecular weight is 328 g/mol. The van der Waals surface area contributed by atoms with Crippen LogP contribution in [0.4, 0.5) is 0 Å². The lowest BCUT2D eigenvalue weighted by molar-refractivity contribution is -0.0199. The summed E-state index contributed by atoms with van der Waals surface area (Å²) in [6.07, 6.45) is 3.89. The molecule has 0 aliphatic carbocycles. The molecule has 1 saturated heterocycles. The largest absolute Gasteiger partial charge is 0.379 e. The van der Waals surface area contributed by atoms with Crippen LogP contribution < -0.4 is 0 Å². The van der Waals surface area contributed by atoms with E-state index in [9.17, 15) is 0 Å². The first kappa shape index (κ1) is 14.8. The molecule has 1 aromatic heterocycles. The van der Waals surface area contributed by atoms with Crippen molar-refractivity contribution < 1.29 is 9.47 Å². The summed E-state index contributed by atoms with van der Waals surface area (Å²) in [5.41, 5.74) is 0.305. The zero-order valence-corrected chi connectivity index (χ0v) is 13.0. The van der Waals surface area contributed by atoms with Crippen LogP contribution in [0.3, 0.4) is 0 Å². The normalized spacial score (nSPS) is 25.4. The van der Waals surface area contributed by atoms with Gasteiger partial charge in [-0.1, -0.05) is 29.3 Å². The quantitative estimate of drug-likeness (QED) is 0.866. The minimum absolute atomic E-state index is 0.0280. The Hall–Kier alpha value is -1.14. The maximum absolute atomic E-state index is 6.38. The van der Waals surface area contributed by atoms with Crippen LogP contribution in [0.15, 0.2) is 30.9 Å². The molecule has 1 aromatic carbocycles. The number of ether oxygens (including phenoxy) is 2. The number of aromatic nitrogens is 3. The van der Waals surface area contributed by atoms with Gasteiger partial charge in [0.15, 0.2) is 0 Å². The standard InChI is InChI=1S/C14H15Cl2N3O2/c1-20-11-5-14(21-6-11,7-19-9-17-8-18-19)12-3-2-10(15)4-13(12)16/h2-4,8-9,11H,5-7H2,1H3. The first-order valence-corrected chi connectivity index (χ1v) is 7.33. The fraction of sp³-hybridized carbons (Fsp3) is 0.429. The van der Waals surface area contributed by atoms with Crippen LogP contribution >= 0.6 is 23.2 Å². The molecule has 112 valence electrons. The Balaban J connectivity index is 1.99. The van der Waals surface area contributed by atoms with Crippen LogP contribution in [-0.4, -0.2) is 34.6 Å². The van der Waals surface area contributed by atoms with Crippen molar-refractivity contribution in [3.05, 3.63) is 46.5 Å². The summed E-state index contributed by atoms with van der Waals surface area (Å²) < 4.78 is 13.3. The SMILES string of the molecule is COC1COC(Cn2cncn2)(c2ccc(Cl)cc2Cl)C1. The van der Waals surface area contributed by atoms with Gasteiger partial charge >= 0.3 is 0 Å². The van der Waals surface area contributed by atoms with E-state index in [0.717, 1.165) is 5.56 Å². The van der Waals surface area contributed by atoms with E-state index in [1.54, 1.807) is 24.2 Å². The summed E-state index contributed by atoms with van der Waals surface area (Å²) in [4.78, 5) is 3.98. The molecule has 2 aromatic rings. The molecule has 0 amide bonds. The van der Waals surface area contributed by atoms with E-state index >= 15 is 0 Å². The summed E-state index contributed by atoms with van der Waals surface area (Å²) in [7, 11) is 1.68. The Bertz CT molecular complexity index is 621. The first-order chi connectivity index (χ1) is 10.1. The van der Waals surface area contributed by atoms with Gasteiger partial charge in [-0.25, -0.2) is 9.67 Å². The number of halogens is 2. The third kappa shape index (κ3) is 2.92. The highest BCUT2D eigenvalue weighted by molar-refractivity contribution is 6.35. The molecule has 1 aliphatic heterocycles. The molecule has 5 nitrogen and oxygen atoms in total. The molecule has 2 atom stereocenters. The number of hydrogen-bond acceptors (Lipinski definition) is 4. The van der Waals surface area contributed by atoms with E-state index in [1.165, 1.54) is 6.33 Å². The molecule has 0 bridgehead atoms. The highest BCUT2D eigenvalue weighted by atomic mass is 35.5. The first-order valence-electron chi connectivity index (χ1n) is 6.58. The Morgan fingerprint density at radius 2 is 2.33 bits per heavy atom. The molecule has 0 N–H and O–H groups in total. The number of hydrogen-bond donors (Lipinski definition) is 0. The van der Waals surface area contributed by atoms with Gasteiger partial charge in [0, 0.05) is 29.1 Å². The van der Waals surface area contributed by atoms with Crippen LogP contribution in [0.25, 0.3) is 0 Å². The molecule has 7 heteroatoms. The summed E-state index contributed by atoms with van der Waals surface area (Å²) in [5, 5.41) is 5.34. The summed E-state index contributed by atoms with van der Waals surface area (Å²) in [6, 6.07) is 5.44. The predicted octanol–water partition coefficient (Wildman–Crippen LogP) is 2.92. The fourth-order valence-electron chi connectivity index (χ4n) is 2.71. The van der Waals surface area contributed by atoms with Crippen molar-refractivity contribution >= 4 is 23.2 Å². The van der Waals surface area contributed by atoms with E-state index in [2.05, 4.69) is 10.1 Å². The molecule has 2 heterocycles. The lowest BCUT2D eigenvalue weighted by Crippen LogP contribution is -2.32. The molecule has 0 saturated carbocycles. The van der Waals surface area contributed by atoms with Crippen LogP contribution in [0, 0.1) is 0 Å². The van der Waals surface area contributed by atoms with Crippen LogP contribution in [-0.2, 0) is 21.6 Å². The fourth-order valence-corrected chi connectivity index (χ4v) is 3.29. The molecule has 1 fully saturated rings. The highest BCUT2D eigenvalue weighted by Gasteiger charge is 2.44. The van der Waals surface area contributed by atoms with Crippen molar-refractivity contribution in [3.63, 3.8) is 0 Å². The number of methoxy groups -OCH3 is 1. The maximum Gasteiger partial charge on any atom is 0.137 e. The highest BCUT2D eigenvalue weighted by Crippen LogP contribution is 2.42. The van der Waals surface area contributed by atoms with Crippen LogP contribution in [0.5, 0.6) is 0 Å². The van der Waals surface area contributed by atoms with Gasteiger partial charge in [0.1, 0.15) is 18.3 Å². The number of benzene rings is 1. The second kappa shape index (κ2) is 5.93. The van der Waals surface area contributed by atoms with Crippen LogP contribution in [0.2, 0.25) is 10.0 Å². The number of rotatable bonds is 4. The lowest BCUT2D eigenvalue weighted by Gasteiger charge is -2.29. The van der Waals surface area contributed by atoms with Crippen molar-refractivity contribution in [1.29, 1.82) is 0 Å². The summed E-state index contributed by atoms with van der Waals surface area (Å²) in [5.74, 6) is 0. The van der Waals surface area contributed by atoms with Gasteiger partial charge in [-0.2, -0.15) is 5.10 Å². The molecular formula is C14H15Cl2N3O2. The third-order valence-electron chi connectivity index (χ3n) is 3.74. The van der Waals surface area contributed by atoms with Gasteiger partial charge < -0.3 is 9.47 Å². The van der Waals surface area contributed by atoms with Gasteiger partial charge in [0.05, 0.1) is 19.3 Å². The Morgan fingerprint density at radius 3 is 2.95 bits per heavy atom. The van der Waals surface area contributed by atoms with E-state index in [1.807, 2.05) is 12.1 Å². The van der Waals surface area contributed by atoms with E-state index < -0.39 is 5.60 Å². The Kier molecular flexibility index (Phi) is 4.17. The van der Waals surface area contributed by atoms with Gasteiger partial charge in [0.25, 0.3) is 0 Å². The van der Waals surface area contributed by atoms with E-state index in [4.69, 9.17) is 32.7 Å². The van der Waals surface area contributed by atoms with Crippen LogP contribution in [0.1, 0.15) is 12.0 Å². The second-order valence-electron chi connectivity index (χ2n) is 5.08. The van der Waals surface area contributed by atoms with Gasteiger partial charge in [0.2, 0.25) is 0 Å². The van der Waals surface area contributed by atoms with Crippen molar-refractivity contribution in [2.45, 2.75) is 24.7 Å². The summed E-state index contributed by atoms with van der Waals surface area (Å²) in [6.45, 7) is 1.04. The average Bonchev–Trinajstić information content (AvgIpc) is 3.09. The molecule has 21 heavy (non-hydrogen) atoms. The molecule has 0 spiro atoms. The van der Waals surface area contributed by atoms with Crippen molar-refractivity contribution in [2.75, 3.05) is 13.7 Å². The van der Waals surface area contributed by atoms with Gasteiger partial charge in [-0.05, 0) is 12.1 Å². The zero-order chi connectivity index (χ0) is 14.9. The third-order valence-corrected chi connectivity index (χ3v) is 4.29. The second-order valence-corrected chi connectivity index (χ2v) is 5.93. The predicted molar refractivity (Wildman–Crippen MR) is 79.5 cm³/mol. The molecule has 1 aliphatic rings. The van der Waals surface area contributed by atoms with Gasteiger partial charge in [-0.15, -0.1) is 0 Å². The Labute approximate surface area is 132 Å². The molecule has 2 unspecified atom stereocenters. The summed E-state index contributed by atoms with van der Waals surface area (Å²) >= 11 is 12.4. The topological polar surface area (TPSA) is 49.2 Å². The maximum atomic E-state index is 6.38. The van der Waals surface area contributed by atoms with Gasteiger partial charge in [-0.3, -0.25) is 0 Å². The monoisotopic (exact) mass is 327 g/mol. The van der Waals surface area contributed by atoms with E-state index in [-0.39, 0.29) is 6.10 Å². The lowest BCUT2D eigenvalue weighted by atomic mass is 9.90. The minimum atomic E-state index is -0.587. The van der Waals surface area contributed by atoms with Crippen molar-refractivity contribution in [3.8, 4) is 0 Å². The van der Waals surface area contributed by atoms with Crippen molar-refractivity contribution in [2.24, 2.45) is 0 Å². The molecular weight excluding hydrogens is 313 g/mol. The smallest absolute Gasteiger partial charge is 0.137 e. The molecule has 3 rings (SSSR count). The minimum Gasteiger partial charge on any atom is -0.379 e. The zero-order valence-electron chi connectivity index (χ0n) is 11.5. The van der Waals surface area contributed by atoms with Crippen molar-refractivity contribution in [1.82, 2.24) is 14.8 Å². The molecule has 0 radical (unpaired) electrons.